The van der Waals surface area contributed by atoms with Crippen LogP contribution in [0.15, 0.2) is 46.1 Å². The summed E-state index contributed by atoms with van der Waals surface area (Å²) in [5.74, 6) is -0.556. The number of nitrogens with zero attached hydrogens (tertiary/aromatic N) is 1. The molecule has 2 rings (SSSR count). The number of pyridine rings is 1. The minimum absolute atomic E-state index is 0.187. The van der Waals surface area contributed by atoms with E-state index in [1.54, 1.807) is 43.6 Å². The van der Waals surface area contributed by atoms with Gasteiger partial charge in [0, 0.05) is 6.20 Å². The van der Waals surface area contributed by atoms with Crippen LogP contribution in [-0.4, -0.2) is 25.4 Å². The third kappa shape index (κ3) is 4.85. The van der Waals surface area contributed by atoms with Gasteiger partial charge in [0.15, 0.2) is 0 Å². The molecule has 0 aliphatic heterocycles. The molecule has 1 atom stereocenters. The number of thiophene rings is 1. The number of hydrogen-bond acceptors (Lipinski definition) is 5. The minimum atomic E-state index is -3.70. The van der Waals surface area contributed by atoms with Crippen molar-refractivity contribution in [3.05, 3.63) is 47.6 Å². The predicted molar refractivity (Wildman–Crippen MR) is 89.4 cm³/mol. The zero-order valence-corrected chi connectivity index (χ0v) is 14.5. The summed E-state index contributed by atoms with van der Waals surface area (Å²) in [6.45, 7) is 3.84. The van der Waals surface area contributed by atoms with Crippen molar-refractivity contribution in [3.8, 4) is 0 Å². The Morgan fingerprint density at radius 1 is 1.26 bits per heavy atom. The third-order valence-electron chi connectivity index (χ3n) is 3.16. The Labute approximate surface area is 140 Å². The summed E-state index contributed by atoms with van der Waals surface area (Å²) in [4.78, 5) is 16.5. The third-order valence-corrected chi connectivity index (χ3v) is 6.00. The molecule has 0 unspecified atom stereocenters. The highest BCUT2D eigenvalue weighted by Crippen LogP contribution is 2.17. The maximum atomic E-state index is 12.3. The highest BCUT2D eigenvalue weighted by atomic mass is 32.2. The molecule has 0 fully saturated rings. The van der Waals surface area contributed by atoms with E-state index >= 15 is 0 Å². The Morgan fingerprint density at radius 3 is 2.61 bits per heavy atom. The molecule has 0 saturated carbocycles. The number of aromatic nitrogens is 1. The lowest BCUT2D eigenvalue weighted by atomic mass is 10.1. The molecule has 0 saturated heterocycles. The van der Waals surface area contributed by atoms with Gasteiger partial charge in [0.25, 0.3) is 10.0 Å². The average Bonchev–Trinajstić information content (AvgIpc) is 3.06. The lowest BCUT2D eigenvalue weighted by molar-refractivity contribution is -0.123. The Hall–Kier alpha value is -1.77. The summed E-state index contributed by atoms with van der Waals surface area (Å²) in [6.07, 6.45) is 1.64. The first kappa shape index (κ1) is 17.6. The van der Waals surface area contributed by atoms with Gasteiger partial charge in [0.1, 0.15) is 10.3 Å². The molecule has 2 aromatic rings. The average molecular weight is 353 g/mol. The quantitative estimate of drug-likeness (QED) is 0.794. The SMILES string of the molecule is CC(C)[C@@H](NS(=O)(=O)c1cccs1)C(=O)NCc1ccccn1. The Balaban J connectivity index is 2.05. The summed E-state index contributed by atoms with van der Waals surface area (Å²) < 4.78 is 27.3. The highest BCUT2D eigenvalue weighted by Gasteiger charge is 2.28. The Morgan fingerprint density at radius 2 is 2.04 bits per heavy atom. The van der Waals surface area contributed by atoms with Crippen molar-refractivity contribution >= 4 is 27.3 Å². The Bertz CT molecular complexity index is 729. The van der Waals surface area contributed by atoms with E-state index in [9.17, 15) is 13.2 Å². The Kier molecular flexibility index (Phi) is 5.86. The van der Waals surface area contributed by atoms with Crippen LogP contribution >= 0.6 is 11.3 Å². The first-order valence-electron chi connectivity index (χ1n) is 7.13. The van der Waals surface area contributed by atoms with Gasteiger partial charge in [0.05, 0.1) is 12.2 Å². The smallest absolute Gasteiger partial charge is 0.250 e. The molecule has 23 heavy (non-hydrogen) atoms. The largest absolute Gasteiger partial charge is 0.349 e. The van der Waals surface area contributed by atoms with Gasteiger partial charge >= 0.3 is 0 Å². The summed E-state index contributed by atoms with van der Waals surface area (Å²) in [5, 5.41) is 4.40. The molecule has 2 aromatic heterocycles. The van der Waals surface area contributed by atoms with Gasteiger partial charge in [-0.05, 0) is 29.5 Å². The molecule has 0 spiro atoms. The van der Waals surface area contributed by atoms with Crippen LogP contribution in [0.3, 0.4) is 0 Å². The van der Waals surface area contributed by atoms with Crippen molar-refractivity contribution in [2.45, 2.75) is 30.6 Å². The molecular weight excluding hydrogens is 334 g/mol. The van der Waals surface area contributed by atoms with Crippen LogP contribution < -0.4 is 10.0 Å². The van der Waals surface area contributed by atoms with E-state index in [1.165, 1.54) is 6.07 Å². The fourth-order valence-corrected chi connectivity index (χ4v) is 4.28. The normalized spacial score (nSPS) is 13.0. The van der Waals surface area contributed by atoms with E-state index in [4.69, 9.17) is 0 Å². The van der Waals surface area contributed by atoms with Crippen molar-refractivity contribution in [1.29, 1.82) is 0 Å². The van der Waals surface area contributed by atoms with Crippen molar-refractivity contribution in [2.24, 2.45) is 5.92 Å². The molecule has 0 radical (unpaired) electrons. The summed E-state index contributed by atoms with van der Waals surface area (Å²) >= 11 is 1.11. The van der Waals surface area contributed by atoms with E-state index in [-0.39, 0.29) is 22.6 Å². The van der Waals surface area contributed by atoms with Crippen molar-refractivity contribution in [3.63, 3.8) is 0 Å². The topological polar surface area (TPSA) is 88.2 Å². The first-order chi connectivity index (χ1) is 10.9. The van der Waals surface area contributed by atoms with Crippen molar-refractivity contribution in [2.75, 3.05) is 0 Å². The molecule has 0 bridgehead atoms. The van der Waals surface area contributed by atoms with Crippen LogP contribution in [0.25, 0.3) is 0 Å². The summed E-state index contributed by atoms with van der Waals surface area (Å²) in [7, 11) is -3.70. The maximum Gasteiger partial charge on any atom is 0.250 e. The van der Waals surface area contributed by atoms with Gasteiger partial charge in [-0.1, -0.05) is 26.0 Å². The number of amides is 1. The van der Waals surface area contributed by atoms with Gasteiger partial charge in [-0.2, -0.15) is 4.72 Å². The lowest BCUT2D eigenvalue weighted by Gasteiger charge is -2.21. The fourth-order valence-electron chi connectivity index (χ4n) is 1.92. The van der Waals surface area contributed by atoms with Gasteiger partial charge in [-0.15, -0.1) is 11.3 Å². The zero-order chi connectivity index (χ0) is 16.9. The number of hydrogen-bond donors (Lipinski definition) is 2. The van der Waals surface area contributed by atoms with E-state index in [0.29, 0.717) is 5.69 Å². The summed E-state index contributed by atoms with van der Waals surface area (Å²) in [6, 6.07) is 7.73. The summed E-state index contributed by atoms with van der Waals surface area (Å²) in [5.41, 5.74) is 0.712. The molecule has 2 N–H and O–H groups in total. The van der Waals surface area contributed by atoms with Crippen LogP contribution in [-0.2, 0) is 21.4 Å². The number of carbonyl (C=O) groups is 1. The number of sulfonamides is 1. The molecule has 124 valence electrons. The molecular formula is C15H19N3O3S2. The van der Waals surface area contributed by atoms with E-state index in [2.05, 4.69) is 15.0 Å². The van der Waals surface area contributed by atoms with Crippen LogP contribution in [0.4, 0.5) is 0 Å². The van der Waals surface area contributed by atoms with Gasteiger partial charge in [-0.25, -0.2) is 8.42 Å². The molecule has 1 amide bonds. The first-order valence-corrected chi connectivity index (χ1v) is 9.50. The highest BCUT2D eigenvalue weighted by molar-refractivity contribution is 7.91. The van der Waals surface area contributed by atoms with E-state index < -0.39 is 16.1 Å². The van der Waals surface area contributed by atoms with Crippen LogP contribution in [0.1, 0.15) is 19.5 Å². The maximum absolute atomic E-state index is 12.3. The van der Waals surface area contributed by atoms with E-state index in [0.717, 1.165) is 11.3 Å². The lowest BCUT2D eigenvalue weighted by Crippen LogP contribution is -2.49. The van der Waals surface area contributed by atoms with Crippen LogP contribution in [0, 0.1) is 5.92 Å². The second-order valence-corrected chi connectivity index (χ2v) is 8.20. The molecule has 6 nitrogen and oxygen atoms in total. The second kappa shape index (κ2) is 7.67. The molecule has 8 heteroatoms. The monoisotopic (exact) mass is 353 g/mol. The molecule has 0 aromatic carbocycles. The minimum Gasteiger partial charge on any atom is -0.349 e. The van der Waals surface area contributed by atoms with Gasteiger partial charge < -0.3 is 5.32 Å². The second-order valence-electron chi connectivity index (χ2n) is 5.31. The number of carbonyl (C=O) groups excluding carboxylic acids is 1. The van der Waals surface area contributed by atoms with Gasteiger partial charge in [-0.3, -0.25) is 9.78 Å². The standard InChI is InChI=1S/C15H19N3O3S2/c1-11(2)14(18-23(20,21)13-7-5-9-22-13)15(19)17-10-12-6-3-4-8-16-12/h3-9,11,14,18H,10H2,1-2H3,(H,17,19)/t14-/m1/s1. The van der Waals surface area contributed by atoms with Crippen LogP contribution in [0.5, 0.6) is 0 Å². The van der Waals surface area contributed by atoms with E-state index in [1.807, 2.05) is 6.07 Å². The number of rotatable bonds is 7. The van der Waals surface area contributed by atoms with Crippen molar-refractivity contribution < 1.29 is 13.2 Å². The molecule has 2 heterocycles. The van der Waals surface area contributed by atoms with Crippen molar-refractivity contribution in [1.82, 2.24) is 15.0 Å². The van der Waals surface area contributed by atoms with Gasteiger partial charge in [0.2, 0.25) is 5.91 Å². The number of nitrogens with one attached hydrogen (secondary N) is 2. The fraction of sp³-hybridized carbons (Fsp3) is 0.333. The molecule has 0 aliphatic carbocycles. The zero-order valence-electron chi connectivity index (χ0n) is 12.9. The predicted octanol–water partition coefficient (Wildman–Crippen LogP) is 1.76. The molecule has 0 aliphatic rings. The van der Waals surface area contributed by atoms with Crippen LogP contribution in [0.2, 0.25) is 0 Å².